The smallest absolute Gasteiger partial charge is 0.169 e. The van der Waals surface area contributed by atoms with E-state index in [0.29, 0.717) is 24.6 Å². The SMILES string of the molecule is CCOC(CC)(CC)C(=O)Cc1c(C)nn(C)c1Cl. The van der Waals surface area contributed by atoms with E-state index in [1.807, 2.05) is 27.7 Å². The summed E-state index contributed by atoms with van der Waals surface area (Å²) < 4.78 is 7.33. The van der Waals surface area contributed by atoms with E-state index < -0.39 is 5.60 Å². The number of ether oxygens (including phenoxy) is 1. The Morgan fingerprint density at radius 1 is 1.37 bits per heavy atom. The summed E-state index contributed by atoms with van der Waals surface area (Å²) in [5.74, 6) is 0.0809. The summed E-state index contributed by atoms with van der Waals surface area (Å²) >= 11 is 6.18. The summed E-state index contributed by atoms with van der Waals surface area (Å²) in [6.45, 7) is 8.28. The summed E-state index contributed by atoms with van der Waals surface area (Å²) in [6.07, 6.45) is 1.63. The first-order valence-electron chi connectivity index (χ1n) is 6.77. The molecule has 1 aromatic rings. The van der Waals surface area contributed by atoms with E-state index in [9.17, 15) is 4.79 Å². The van der Waals surface area contributed by atoms with E-state index in [-0.39, 0.29) is 12.2 Å². The molecule has 0 spiro atoms. The van der Waals surface area contributed by atoms with Crippen LogP contribution in [0, 0.1) is 6.92 Å². The Morgan fingerprint density at radius 2 is 1.95 bits per heavy atom. The maximum Gasteiger partial charge on any atom is 0.169 e. The molecule has 0 aliphatic heterocycles. The fourth-order valence-electron chi connectivity index (χ4n) is 2.40. The Bertz CT molecular complexity index is 451. The van der Waals surface area contributed by atoms with Gasteiger partial charge in [0.2, 0.25) is 0 Å². The maximum atomic E-state index is 12.6. The third-order valence-electron chi connectivity index (χ3n) is 3.68. The molecule has 0 aromatic carbocycles. The monoisotopic (exact) mass is 286 g/mol. The van der Waals surface area contributed by atoms with Gasteiger partial charge in [0.1, 0.15) is 10.8 Å². The number of carbonyl (C=O) groups is 1. The standard InChI is InChI=1S/C14H23ClN2O2/c1-6-14(7-2,19-8-3)12(18)9-11-10(4)16-17(5)13(11)15/h6-9H2,1-5H3. The lowest BCUT2D eigenvalue weighted by Gasteiger charge is -2.30. The van der Waals surface area contributed by atoms with E-state index in [4.69, 9.17) is 16.3 Å². The molecule has 0 bridgehead atoms. The molecule has 0 saturated heterocycles. The van der Waals surface area contributed by atoms with Crippen LogP contribution in [0.15, 0.2) is 0 Å². The Morgan fingerprint density at radius 3 is 2.32 bits per heavy atom. The lowest BCUT2D eigenvalue weighted by atomic mass is 9.88. The van der Waals surface area contributed by atoms with Gasteiger partial charge < -0.3 is 4.74 Å². The molecule has 0 N–H and O–H groups in total. The van der Waals surface area contributed by atoms with E-state index in [1.54, 1.807) is 11.7 Å². The lowest BCUT2D eigenvalue weighted by Crippen LogP contribution is -2.41. The largest absolute Gasteiger partial charge is 0.368 e. The number of Topliss-reactive ketones (excluding diaryl/α,β-unsaturated/α-hetero) is 1. The van der Waals surface area contributed by atoms with Crippen molar-refractivity contribution in [3.63, 3.8) is 0 Å². The molecule has 0 aliphatic carbocycles. The Labute approximate surface area is 120 Å². The summed E-state index contributed by atoms with van der Waals surface area (Å²) in [6, 6.07) is 0. The van der Waals surface area contributed by atoms with Crippen LogP contribution in [0.1, 0.15) is 44.9 Å². The third-order valence-corrected chi connectivity index (χ3v) is 4.15. The highest BCUT2D eigenvalue weighted by Crippen LogP contribution is 2.27. The van der Waals surface area contributed by atoms with Crippen molar-refractivity contribution in [2.45, 2.75) is 52.6 Å². The van der Waals surface area contributed by atoms with E-state index >= 15 is 0 Å². The Hall–Kier alpha value is -0.870. The number of aromatic nitrogens is 2. The zero-order valence-electron chi connectivity index (χ0n) is 12.4. The molecular weight excluding hydrogens is 264 g/mol. The molecule has 19 heavy (non-hydrogen) atoms. The minimum atomic E-state index is -0.694. The van der Waals surface area contributed by atoms with Crippen molar-refractivity contribution >= 4 is 17.4 Å². The molecule has 0 saturated carbocycles. The van der Waals surface area contributed by atoms with E-state index in [2.05, 4.69) is 5.10 Å². The predicted molar refractivity (Wildman–Crippen MR) is 76.6 cm³/mol. The number of halogens is 1. The number of ketones is 1. The molecular formula is C14H23ClN2O2. The van der Waals surface area contributed by atoms with Crippen LogP contribution in [0.3, 0.4) is 0 Å². The maximum absolute atomic E-state index is 12.6. The molecule has 1 rings (SSSR count). The van der Waals surface area contributed by atoms with Crippen LogP contribution in [0.25, 0.3) is 0 Å². The molecule has 0 unspecified atom stereocenters. The van der Waals surface area contributed by atoms with Crippen molar-refractivity contribution in [2.24, 2.45) is 7.05 Å². The predicted octanol–water partition coefficient (Wildman–Crippen LogP) is 3.09. The van der Waals surface area contributed by atoms with Crippen molar-refractivity contribution in [1.82, 2.24) is 9.78 Å². The minimum Gasteiger partial charge on any atom is -0.368 e. The molecule has 1 aromatic heterocycles. The van der Waals surface area contributed by atoms with Gasteiger partial charge in [-0.3, -0.25) is 9.48 Å². The number of rotatable bonds is 7. The summed E-state index contributed by atoms with van der Waals surface area (Å²) in [5, 5.41) is 4.77. The molecule has 0 aliphatic rings. The van der Waals surface area contributed by atoms with Crippen LogP contribution in [0.5, 0.6) is 0 Å². The summed E-state index contributed by atoms with van der Waals surface area (Å²) in [5.41, 5.74) is 0.916. The highest BCUT2D eigenvalue weighted by molar-refractivity contribution is 6.30. The van der Waals surface area contributed by atoms with Gasteiger partial charge in [0.25, 0.3) is 0 Å². The second-order valence-electron chi connectivity index (χ2n) is 4.71. The Kier molecular flexibility index (Phi) is 5.56. The van der Waals surface area contributed by atoms with Crippen molar-refractivity contribution in [3.05, 3.63) is 16.4 Å². The van der Waals surface area contributed by atoms with Gasteiger partial charge in [0, 0.05) is 25.6 Å². The van der Waals surface area contributed by atoms with Crippen LogP contribution in [-0.2, 0) is 23.0 Å². The van der Waals surface area contributed by atoms with Gasteiger partial charge in [0.05, 0.1) is 5.69 Å². The molecule has 0 fully saturated rings. The van der Waals surface area contributed by atoms with Gasteiger partial charge in [-0.2, -0.15) is 5.10 Å². The highest BCUT2D eigenvalue weighted by atomic mass is 35.5. The zero-order chi connectivity index (χ0) is 14.6. The van der Waals surface area contributed by atoms with Gasteiger partial charge in [-0.15, -0.1) is 0 Å². The van der Waals surface area contributed by atoms with Gasteiger partial charge in [-0.25, -0.2) is 0 Å². The number of aryl methyl sites for hydroxylation is 2. The summed E-state index contributed by atoms with van der Waals surface area (Å²) in [7, 11) is 1.78. The number of hydrogen-bond donors (Lipinski definition) is 0. The quantitative estimate of drug-likeness (QED) is 0.774. The van der Waals surface area contributed by atoms with Crippen LogP contribution in [0.4, 0.5) is 0 Å². The second-order valence-corrected chi connectivity index (χ2v) is 5.07. The van der Waals surface area contributed by atoms with Crippen LogP contribution in [0.2, 0.25) is 5.15 Å². The minimum absolute atomic E-state index is 0.0809. The van der Waals surface area contributed by atoms with Crippen molar-refractivity contribution in [2.75, 3.05) is 6.61 Å². The fourth-order valence-corrected chi connectivity index (χ4v) is 2.64. The van der Waals surface area contributed by atoms with Crippen molar-refractivity contribution in [1.29, 1.82) is 0 Å². The molecule has 108 valence electrons. The van der Waals surface area contributed by atoms with E-state index in [0.717, 1.165) is 11.3 Å². The van der Waals surface area contributed by atoms with Gasteiger partial charge in [-0.1, -0.05) is 25.4 Å². The van der Waals surface area contributed by atoms with Crippen LogP contribution >= 0.6 is 11.6 Å². The highest BCUT2D eigenvalue weighted by Gasteiger charge is 2.36. The third kappa shape index (κ3) is 3.18. The van der Waals surface area contributed by atoms with Crippen molar-refractivity contribution < 1.29 is 9.53 Å². The molecule has 5 heteroatoms. The first-order valence-corrected chi connectivity index (χ1v) is 7.14. The Balaban J connectivity index is 3.00. The van der Waals surface area contributed by atoms with Gasteiger partial charge in [0.15, 0.2) is 5.78 Å². The average molecular weight is 287 g/mol. The molecule has 4 nitrogen and oxygen atoms in total. The molecule has 1 heterocycles. The normalized spacial score (nSPS) is 11.9. The number of hydrogen-bond acceptors (Lipinski definition) is 3. The summed E-state index contributed by atoms with van der Waals surface area (Å²) in [4.78, 5) is 12.6. The van der Waals surface area contributed by atoms with Gasteiger partial charge >= 0.3 is 0 Å². The number of carbonyl (C=O) groups excluding carboxylic acids is 1. The molecule has 0 atom stereocenters. The topological polar surface area (TPSA) is 44.1 Å². The first kappa shape index (κ1) is 16.2. The van der Waals surface area contributed by atoms with Crippen LogP contribution in [-0.4, -0.2) is 27.8 Å². The molecule has 0 amide bonds. The zero-order valence-corrected chi connectivity index (χ0v) is 13.2. The second kappa shape index (κ2) is 6.53. The van der Waals surface area contributed by atoms with Crippen LogP contribution < -0.4 is 0 Å². The number of nitrogens with zero attached hydrogens (tertiary/aromatic N) is 2. The first-order chi connectivity index (χ1) is 8.91. The van der Waals surface area contributed by atoms with Crippen molar-refractivity contribution in [3.8, 4) is 0 Å². The van der Waals surface area contributed by atoms with E-state index in [1.165, 1.54) is 0 Å². The average Bonchev–Trinajstić information content (AvgIpc) is 2.62. The lowest BCUT2D eigenvalue weighted by molar-refractivity contribution is -0.144. The van der Waals surface area contributed by atoms with Gasteiger partial charge in [-0.05, 0) is 26.7 Å². The fraction of sp³-hybridized carbons (Fsp3) is 0.714. The molecule has 0 radical (unpaired) electrons.